The van der Waals surface area contributed by atoms with Gasteiger partial charge < -0.3 is 19.8 Å². The molecule has 116 valence electrons. The van der Waals surface area contributed by atoms with Crippen molar-refractivity contribution < 1.29 is 19.7 Å². The van der Waals surface area contributed by atoms with Gasteiger partial charge >= 0.3 is 5.97 Å². The van der Waals surface area contributed by atoms with E-state index in [9.17, 15) is 4.79 Å². The number of ether oxygens (including phenoxy) is 1. The molecule has 1 aliphatic rings. The van der Waals surface area contributed by atoms with E-state index in [1.165, 1.54) is 0 Å². The molecule has 0 spiro atoms. The minimum absolute atomic E-state index is 0.0601. The second-order valence-corrected chi connectivity index (χ2v) is 5.41. The maximum atomic E-state index is 11.1. The highest BCUT2D eigenvalue weighted by atomic mass is 16.5. The number of carboxylic acids is 1. The SMILES string of the molecule is O=C(O)c1cccc(C2CCCN(CCOCCO)C2)c1. The first-order chi connectivity index (χ1) is 10.2. The number of likely N-dealkylation sites (tertiary alicyclic amines) is 1. The molecule has 1 saturated heterocycles. The highest BCUT2D eigenvalue weighted by molar-refractivity contribution is 5.87. The Morgan fingerprint density at radius 2 is 2.24 bits per heavy atom. The van der Waals surface area contributed by atoms with Gasteiger partial charge in [-0.2, -0.15) is 0 Å². The number of hydrogen-bond donors (Lipinski definition) is 2. The van der Waals surface area contributed by atoms with Crippen molar-refractivity contribution in [1.82, 2.24) is 4.90 Å². The van der Waals surface area contributed by atoms with Gasteiger partial charge in [-0.05, 0) is 43.0 Å². The van der Waals surface area contributed by atoms with Gasteiger partial charge in [-0.3, -0.25) is 0 Å². The third-order valence-electron chi connectivity index (χ3n) is 3.90. The lowest BCUT2D eigenvalue weighted by molar-refractivity contribution is 0.0671. The van der Waals surface area contributed by atoms with E-state index >= 15 is 0 Å². The van der Waals surface area contributed by atoms with Crippen LogP contribution in [0.2, 0.25) is 0 Å². The summed E-state index contributed by atoms with van der Waals surface area (Å²) in [5.41, 5.74) is 1.46. The first kappa shape index (κ1) is 15.9. The fraction of sp³-hybridized carbons (Fsp3) is 0.562. The molecule has 1 atom stereocenters. The molecule has 0 radical (unpaired) electrons. The highest BCUT2D eigenvalue weighted by Gasteiger charge is 2.21. The highest BCUT2D eigenvalue weighted by Crippen LogP contribution is 2.27. The van der Waals surface area contributed by atoms with Crippen molar-refractivity contribution in [2.24, 2.45) is 0 Å². The van der Waals surface area contributed by atoms with E-state index in [1.54, 1.807) is 12.1 Å². The smallest absolute Gasteiger partial charge is 0.335 e. The fourth-order valence-electron chi connectivity index (χ4n) is 2.82. The van der Waals surface area contributed by atoms with Crippen LogP contribution in [0.5, 0.6) is 0 Å². The number of benzene rings is 1. The zero-order valence-electron chi connectivity index (χ0n) is 12.2. The number of aromatic carboxylic acids is 1. The van der Waals surface area contributed by atoms with E-state index < -0.39 is 5.97 Å². The van der Waals surface area contributed by atoms with Crippen molar-refractivity contribution in [2.75, 3.05) is 39.5 Å². The zero-order chi connectivity index (χ0) is 15.1. The lowest BCUT2D eigenvalue weighted by atomic mass is 9.90. The van der Waals surface area contributed by atoms with E-state index in [4.69, 9.17) is 14.9 Å². The maximum Gasteiger partial charge on any atom is 0.335 e. The van der Waals surface area contributed by atoms with Crippen LogP contribution < -0.4 is 0 Å². The molecule has 5 heteroatoms. The van der Waals surface area contributed by atoms with Crippen LogP contribution in [-0.2, 0) is 4.74 Å². The predicted octanol–water partition coefficient (Wildman–Crippen LogP) is 1.57. The van der Waals surface area contributed by atoms with Crippen molar-refractivity contribution in [3.8, 4) is 0 Å². The van der Waals surface area contributed by atoms with Crippen LogP contribution in [0, 0.1) is 0 Å². The molecule has 2 N–H and O–H groups in total. The van der Waals surface area contributed by atoms with Crippen LogP contribution in [0.1, 0.15) is 34.7 Å². The topological polar surface area (TPSA) is 70.0 Å². The number of piperidine rings is 1. The lowest BCUT2D eigenvalue weighted by Gasteiger charge is -2.33. The number of nitrogens with zero attached hydrogens (tertiary/aromatic N) is 1. The molecule has 0 amide bonds. The molecule has 5 nitrogen and oxygen atoms in total. The van der Waals surface area contributed by atoms with E-state index in [-0.39, 0.29) is 6.61 Å². The standard InChI is InChI=1S/C16H23NO4/c18-8-10-21-9-7-17-6-2-5-15(12-17)13-3-1-4-14(11-13)16(19)20/h1,3-4,11,15,18H,2,5-10,12H2,(H,19,20). The van der Waals surface area contributed by atoms with Gasteiger partial charge in [-0.15, -0.1) is 0 Å². The Morgan fingerprint density at radius 3 is 3.00 bits per heavy atom. The summed E-state index contributed by atoms with van der Waals surface area (Å²) in [6.07, 6.45) is 2.21. The summed E-state index contributed by atoms with van der Waals surface area (Å²) in [4.78, 5) is 13.4. The van der Waals surface area contributed by atoms with Gasteiger partial charge in [0.25, 0.3) is 0 Å². The lowest BCUT2D eigenvalue weighted by Crippen LogP contribution is -2.36. The van der Waals surface area contributed by atoms with E-state index in [1.807, 2.05) is 12.1 Å². The summed E-state index contributed by atoms with van der Waals surface area (Å²) in [5.74, 6) is -0.488. The molecule has 1 unspecified atom stereocenters. The van der Waals surface area contributed by atoms with Gasteiger partial charge in [-0.25, -0.2) is 4.79 Å². The summed E-state index contributed by atoms with van der Waals surface area (Å²) >= 11 is 0. The average molecular weight is 293 g/mol. The minimum Gasteiger partial charge on any atom is -0.478 e. The Morgan fingerprint density at radius 1 is 1.38 bits per heavy atom. The van der Waals surface area contributed by atoms with Gasteiger partial charge in [0.2, 0.25) is 0 Å². The molecule has 1 aromatic rings. The molecular formula is C16H23NO4. The van der Waals surface area contributed by atoms with E-state index in [2.05, 4.69) is 4.90 Å². The first-order valence-corrected chi connectivity index (χ1v) is 7.45. The van der Waals surface area contributed by atoms with Crippen molar-refractivity contribution >= 4 is 5.97 Å². The molecule has 0 bridgehead atoms. The summed E-state index contributed by atoms with van der Waals surface area (Å²) in [6.45, 7) is 3.92. The van der Waals surface area contributed by atoms with Gasteiger partial charge in [0.1, 0.15) is 0 Å². The Kier molecular flexibility index (Phi) is 6.17. The summed E-state index contributed by atoms with van der Waals surface area (Å²) in [6, 6.07) is 7.26. The molecule has 2 rings (SSSR count). The largest absolute Gasteiger partial charge is 0.478 e. The average Bonchev–Trinajstić information content (AvgIpc) is 2.52. The number of hydrogen-bond acceptors (Lipinski definition) is 4. The van der Waals surface area contributed by atoms with Gasteiger partial charge in [0.15, 0.2) is 0 Å². The van der Waals surface area contributed by atoms with Crippen LogP contribution in [0.25, 0.3) is 0 Å². The Balaban J connectivity index is 1.91. The van der Waals surface area contributed by atoms with Crippen molar-refractivity contribution in [1.29, 1.82) is 0 Å². The molecule has 0 saturated carbocycles. The van der Waals surface area contributed by atoms with Gasteiger partial charge in [0.05, 0.1) is 25.4 Å². The minimum atomic E-state index is -0.873. The molecule has 0 aromatic heterocycles. The summed E-state index contributed by atoms with van der Waals surface area (Å²) < 4.78 is 5.31. The fourth-order valence-corrected chi connectivity index (χ4v) is 2.82. The predicted molar refractivity (Wildman–Crippen MR) is 79.7 cm³/mol. The molecular weight excluding hydrogens is 270 g/mol. The summed E-state index contributed by atoms with van der Waals surface area (Å²) in [5, 5.41) is 17.8. The Labute approximate surface area is 125 Å². The third-order valence-corrected chi connectivity index (χ3v) is 3.90. The van der Waals surface area contributed by atoms with Crippen molar-refractivity contribution in [2.45, 2.75) is 18.8 Å². The Hall–Kier alpha value is -1.43. The number of aliphatic hydroxyl groups excluding tert-OH is 1. The van der Waals surface area contributed by atoms with Crippen LogP contribution in [0.15, 0.2) is 24.3 Å². The molecule has 1 aliphatic heterocycles. The number of rotatable bonds is 7. The number of aliphatic hydroxyl groups is 1. The molecule has 1 aromatic carbocycles. The van der Waals surface area contributed by atoms with Crippen LogP contribution in [0.3, 0.4) is 0 Å². The Bertz CT molecular complexity index is 463. The van der Waals surface area contributed by atoms with Crippen LogP contribution in [-0.4, -0.2) is 60.5 Å². The first-order valence-electron chi connectivity index (χ1n) is 7.45. The normalized spacial score (nSPS) is 19.6. The third kappa shape index (κ3) is 4.81. The second-order valence-electron chi connectivity index (χ2n) is 5.41. The van der Waals surface area contributed by atoms with Crippen LogP contribution in [0.4, 0.5) is 0 Å². The molecule has 1 fully saturated rings. The monoisotopic (exact) mass is 293 g/mol. The van der Waals surface area contributed by atoms with E-state index in [0.717, 1.165) is 38.0 Å². The number of carboxylic acid groups (broad SMARTS) is 1. The maximum absolute atomic E-state index is 11.1. The van der Waals surface area contributed by atoms with Crippen molar-refractivity contribution in [3.63, 3.8) is 0 Å². The quantitative estimate of drug-likeness (QED) is 0.747. The number of carbonyl (C=O) groups is 1. The molecule has 0 aliphatic carbocycles. The molecule has 1 heterocycles. The zero-order valence-corrected chi connectivity index (χ0v) is 12.2. The van der Waals surface area contributed by atoms with Gasteiger partial charge in [-0.1, -0.05) is 12.1 Å². The van der Waals surface area contributed by atoms with Crippen LogP contribution >= 0.6 is 0 Å². The van der Waals surface area contributed by atoms with Crippen molar-refractivity contribution in [3.05, 3.63) is 35.4 Å². The second kappa shape index (κ2) is 8.12. The molecule has 21 heavy (non-hydrogen) atoms. The van der Waals surface area contributed by atoms with Gasteiger partial charge in [0, 0.05) is 13.1 Å². The van der Waals surface area contributed by atoms with E-state index in [0.29, 0.717) is 24.7 Å². The summed E-state index contributed by atoms with van der Waals surface area (Å²) in [7, 11) is 0.